The topological polar surface area (TPSA) is 40.5 Å². The van der Waals surface area contributed by atoms with Crippen LogP contribution in [0.4, 0.5) is 5.69 Å². The number of carboxylic acids is 1. The number of rotatable bonds is 6. The van der Waals surface area contributed by atoms with Crippen LogP contribution in [-0.2, 0) is 4.79 Å². The van der Waals surface area contributed by atoms with E-state index in [0.717, 1.165) is 34.6 Å². The quantitative estimate of drug-likeness (QED) is 0.798. The monoisotopic (exact) mass is 325 g/mol. The van der Waals surface area contributed by atoms with Crippen molar-refractivity contribution in [2.45, 2.75) is 32.7 Å². The zero-order valence-corrected chi connectivity index (χ0v) is 13.1. The summed E-state index contributed by atoms with van der Waals surface area (Å²) in [5.41, 5.74) is 1.99. The van der Waals surface area contributed by atoms with Gasteiger partial charge in [-0.05, 0) is 37.1 Å². The molecule has 0 heterocycles. The van der Waals surface area contributed by atoms with Crippen molar-refractivity contribution in [3.8, 4) is 0 Å². The molecule has 0 saturated heterocycles. The number of nitrogens with zero attached hydrogens (tertiary/aromatic N) is 1. The summed E-state index contributed by atoms with van der Waals surface area (Å²) in [6, 6.07) is 6.44. The Labute approximate surface area is 123 Å². The van der Waals surface area contributed by atoms with Crippen molar-refractivity contribution in [1.82, 2.24) is 0 Å². The summed E-state index contributed by atoms with van der Waals surface area (Å²) in [5.74, 6) is -0.940. The lowest BCUT2D eigenvalue weighted by atomic mass is 10.1. The van der Waals surface area contributed by atoms with E-state index in [-0.39, 0.29) is 0 Å². The van der Waals surface area contributed by atoms with Crippen LogP contribution in [0.5, 0.6) is 0 Å². The van der Waals surface area contributed by atoms with Gasteiger partial charge in [0, 0.05) is 29.3 Å². The average Bonchev–Trinajstić information content (AvgIpc) is 2.36. The van der Waals surface area contributed by atoms with Gasteiger partial charge in [0.05, 0.1) is 0 Å². The van der Waals surface area contributed by atoms with Crippen LogP contribution in [0.2, 0.25) is 0 Å². The van der Waals surface area contributed by atoms with Crippen LogP contribution in [0, 0.1) is 0 Å². The van der Waals surface area contributed by atoms with Gasteiger partial charge in [0.15, 0.2) is 0 Å². The standard InChI is InChI=1S/C15H20BrNO2/c1-4-5-11(2)17(3)13-8-6-12(14(16)10-13)7-9-15(18)19/h6-11H,4-5H2,1-3H3,(H,18,19)/b9-7+. The van der Waals surface area contributed by atoms with Gasteiger partial charge >= 0.3 is 5.97 Å². The first-order chi connectivity index (χ1) is 8.95. The van der Waals surface area contributed by atoms with E-state index in [9.17, 15) is 4.79 Å². The maximum Gasteiger partial charge on any atom is 0.328 e. The molecule has 1 rings (SSSR count). The van der Waals surface area contributed by atoms with Crippen LogP contribution in [0.15, 0.2) is 28.7 Å². The molecule has 0 bridgehead atoms. The maximum absolute atomic E-state index is 10.5. The van der Waals surface area contributed by atoms with E-state index in [4.69, 9.17) is 5.11 Å². The van der Waals surface area contributed by atoms with Gasteiger partial charge in [0.2, 0.25) is 0 Å². The van der Waals surface area contributed by atoms with Crippen LogP contribution in [0.3, 0.4) is 0 Å². The number of carbonyl (C=O) groups is 1. The third-order valence-electron chi connectivity index (χ3n) is 3.16. The number of anilines is 1. The predicted octanol–water partition coefficient (Wildman–Crippen LogP) is 4.17. The van der Waals surface area contributed by atoms with Gasteiger partial charge in [-0.3, -0.25) is 0 Å². The molecule has 1 aromatic carbocycles. The van der Waals surface area contributed by atoms with Crippen LogP contribution in [-0.4, -0.2) is 24.2 Å². The smallest absolute Gasteiger partial charge is 0.328 e. The predicted molar refractivity (Wildman–Crippen MR) is 83.6 cm³/mol. The SMILES string of the molecule is CCCC(C)N(C)c1ccc(/C=C/C(=O)O)c(Br)c1. The number of aliphatic carboxylic acids is 1. The molecule has 0 aliphatic heterocycles. The number of hydrogen-bond acceptors (Lipinski definition) is 2. The van der Waals surface area contributed by atoms with Gasteiger partial charge in [0.1, 0.15) is 0 Å². The lowest BCUT2D eigenvalue weighted by Crippen LogP contribution is -2.28. The fraction of sp³-hybridized carbons (Fsp3) is 0.400. The molecule has 0 radical (unpaired) electrons. The minimum atomic E-state index is -0.940. The van der Waals surface area contributed by atoms with Crippen LogP contribution in [0.1, 0.15) is 32.3 Å². The van der Waals surface area contributed by atoms with Crippen molar-refractivity contribution in [3.63, 3.8) is 0 Å². The third-order valence-corrected chi connectivity index (χ3v) is 3.85. The minimum Gasteiger partial charge on any atom is -0.478 e. The highest BCUT2D eigenvalue weighted by Gasteiger charge is 2.10. The van der Waals surface area contributed by atoms with Crippen molar-refractivity contribution in [2.75, 3.05) is 11.9 Å². The van der Waals surface area contributed by atoms with E-state index in [0.29, 0.717) is 6.04 Å². The van der Waals surface area contributed by atoms with Gasteiger partial charge in [-0.2, -0.15) is 0 Å². The highest BCUT2D eigenvalue weighted by Crippen LogP contribution is 2.26. The van der Waals surface area contributed by atoms with Crippen molar-refractivity contribution >= 4 is 33.7 Å². The molecule has 3 nitrogen and oxygen atoms in total. The summed E-state index contributed by atoms with van der Waals surface area (Å²) in [7, 11) is 2.08. The molecule has 19 heavy (non-hydrogen) atoms. The highest BCUT2D eigenvalue weighted by atomic mass is 79.9. The molecule has 104 valence electrons. The van der Waals surface area contributed by atoms with Crippen molar-refractivity contribution in [3.05, 3.63) is 34.3 Å². The van der Waals surface area contributed by atoms with Gasteiger partial charge in [-0.25, -0.2) is 4.79 Å². The van der Waals surface area contributed by atoms with Crippen molar-refractivity contribution < 1.29 is 9.90 Å². The summed E-state index contributed by atoms with van der Waals surface area (Å²) < 4.78 is 0.901. The van der Waals surface area contributed by atoms with E-state index in [1.165, 1.54) is 0 Å². The Bertz CT molecular complexity index is 471. The van der Waals surface area contributed by atoms with E-state index in [1.807, 2.05) is 18.2 Å². The number of carboxylic acid groups (broad SMARTS) is 1. The van der Waals surface area contributed by atoms with Gasteiger partial charge in [-0.1, -0.05) is 35.3 Å². The highest BCUT2D eigenvalue weighted by molar-refractivity contribution is 9.10. The lowest BCUT2D eigenvalue weighted by molar-refractivity contribution is -0.131. The molecule has 0 fully saturated rings. The third kappa shape index (κ3) is 4.71. The molecule has 1 unspecified atom stereocenters. The molecule has 0 spiro atoms. The Morgan fingerprint density at radius 3 is 2.74 bits per heavy atom. The number of halogens is 1. The summed E-state index contributed by atoms with van der Waals surface area (Å²) in [4.78, 5) is 12.7. The molecule has 1 aromatic rings. The summed E-state index contributed by atoms with van der Waals surface area (Å²) in [5, 5.41) is 8.63. The summed E-state index contributed by atoms with van der Waals surface area (Å²) in [6.45, 7) is 4.38. The molecule has 0 aromatic heterocycles. The van der Waals surface area contributed by atoms with Crippen LogP contribution < -0.4 is 4.90 Å². The molecule has 1 atom stereocenters. The van der Waals surface area contributed by atoms with Gasteiger partial charge in [-0.15, -0.1) is 0 Å². The fourth-order valence-corrected chi connectivity index (χ4v) is 2.40. The first kappa shape index (κ1) is 15.8. The molecule has 1 N–H and O–H groups in total. The molecule has 0 amide bonds. The molecule has 4 heteroatoms. The van der Waals surface area contributed by atoms with Gasteiger partial charge < -0.3 is 10.0 Å². The molecule has 0 aliphatic carbocycles. The Hall–Kier alpha value is -1.29. The van der Waals surface area contributed by atoms with E-state index >= 15 is 0 Å². The second-order valence-electron chi connectivity index (χ2n) is 4.63. The molecular formula is C15H20BrNO2. The van der Waals surface area contributed by atoms with Crippen molar-refractivity contribution in [1.29, 1.82) is 0 Å². The first-order valence-electron chi connectivity index (χ1n) is 6.39. The Morgan fingerprint density at radius 2 is 2.21 bits per heavy atom. The Balaban J connectivity index is 2.90. The molecular weight excluding hydrogens is 306 g/mol. The van der Waals surface area contributed by atoms with Gasteiger partial charge in [0.25, 0.3) is 0 Å². The Kier molecular flexibility index (Phi) is 6.09. The normalized spacial score (nSPS) is 12.6. The average molecular weight is 326 g/mol. The second kappa shape index (κ2) is 7.34. The van der Waals surface area contributed by atoms with Crippen LogP contribution >= 0.6 is 15.9 Å². The molecule has 0 saturated carbocycles. The fourth-order valence-electron chi connectivity index (χ4n) is 1.90. The number of benzene rings is 1. The summed E-state index contributed by atoms with van der Waals surface area (Å²) in [6.07, 6.45) is 5.04. The van der Waals surface area contributed by atoms with Crippen LogP contribution in [0.25, 0.3) is 6.08 Å². The zero-order chi connectivity index (χ0) is 14.4. The Morgan fingerprint density at radius 1 is 1.53 bits per heavy atom. The number of hydrogen-bond donors (Lipinski definition) is 1. The first-order valence-corrected chi connectivity index (χ1v) is 7.18. The van der Waals surface area contributed by atoms with Crippen molar-refractivity contribution in [2.24, 2.45) is 0 Å². The molecule has 0 aliphatic rings. The van der Waals surface area contributed by atoms with E-state index < -0.39 is 5.97 Å². The van der Waals surface area contributed by atoms with E-state index in [1.54, 1.807) is 6.08 Å². The summed E-state index contributed by atoms with van der Waals surface area (Å²) >= 11 is 3.48. The zero-order valence-electron chi connectivity index (χ0n) is 11.6. The lowest BCUT2D eigenvalue weighted by Gasteiger charge is -2.27. The maximum atomic E-state index is 10.5. The minimum absolute atomic E-state index is 0.484. The largest absolute Gasteiger partial charge is 0.478 e. The van der Waals surface area contributed by atoms with E-state index in [2.05, 4.69) is 41.7 Å². The second-order valence-corrected chi connectivity index (χ2v) is 5.48.